The molecule has 0 aliphatic heterocycles. The van der Waals surface area contributed by atoms with Gasteiger partial charge in [-0.3, -0.25) is 0 Å². The van der Waals surface area contributed by atoms with E-state index in [2.05, 4.69) is 5.32 Å². The Morgan fingerprint density at radius 3 is 2.19 bits per heavy atom. The van der Waals surface area contributed by atoms with Crippen LogP contribution in [0, 0.1) is 0 Å². The first-order valence-electron chi connectivity index (χ1n) is 6.34. The number of hydrogen-bond donors (Lipinski definition) is 2. The smallest absolute Gasteiger partial charge is 0.175 e. The van der Waals surface area contributed by atoms with Crippen LogP contribution in [0.5, 0.6) is 0 Å². The van der Waals surface area contributed by atoms with Crippen LogP contribution in [0.4, 0.5) is 5.69 Å². The van der Waals surface area contributed by atoms with Gasteiger partial charge in [-0.15, -0.1) is 0 Å². The zero-order valence-electron chi connectivity index (χ0n) is 11.5. The SMILES string of the molecule is CS(=O)(=O)c1ccc(NCC(O)c2ccc(Cl)cc2)cc1. The highest BCUT2D eigenvalue weighted by Gasteiger charge is 2.08. The van der Waals surface area contributed by atoms with E-state index < -0.39 is 15.9 Å². The summed E-state index contributed by atoms with van der Waals surface area (Å²) < 4.78 is 22.7. The van der Waals surface area contributed by atoms with Crippen LogP contribution < -0.4 is 5.32 Å². The first-order chi connectivity index (χ1) is 9.86. The van der Waals surface area contributed by atoms with Crippen LogP contribution in [0.3, 0.4) is 0 Å². The van der Waals surface area contributed by atoms with Crippen LogP contribution in [0.15, 0.2) is 53.4 Å². The second-order valence-corrected chi connectivity index (χ2v) is 7.20. The maximum absolute atomic E-state index is 11.4. The second kappa shape index (κ2) is 6.47. The molecule has 0 fully saturated rings. The quantitative estimate of drug-likeness (QED) is 0.887. The molecule has 0 aliphatic rings. The first-order valence-corrected chi connectivity index (χ1v) is 8.61. The Labute approximate surface area is 129 Å². The molecule has 0 amide bonds. The number of aliphatic hydroxyl groups is 1. The lowest BCUT2D eigenvalue weighted by molar-refractivity contribution is 0.191. The number of hydrogen-bond acceptors (Lipinski definition) is 4. The van der Waals surface area contributed by atoms with Crippen LogP contribution in [0.25, 0.3) is 0 Å². The van der Waals surface area contributed by atoms with Crippen LogP contribution in [0.2, 0.25) is 5.02 Å². The lowest BCUT2D eigenvalue weighted by Crippen LogP contribution is -2.12. The number of aliphatic hydroxyl groups excluding tert-OH is 1. The van der Waals surface area contributed by atoms with Gasteiger partial charge in [-0.05, 0) is 42.0 Å². The Kier molecular flexibility index (Phi) is 4.88. The summed E-state index contributed by atoms with van der Waals surface area (Å²) in [5.41, 5.74) is 1.51. The first kappa shape index (κ1) is 15.8. The molecule has 6 heteroatoms. The van der Waals surface area contributed by atoms with Crippen molar-refractivity contribution in [1.29, 1.82) is 0 Å². The zero-order valence-corrected chi connectivity index (χ0v) is 13.0. The van der Waals surface area contributed by atoms with Gasteiger partial charge in [0.1, 0.15) is 0 Å². The van der Waals surface area contributed by atoms with Crippen molar-refractivity contribution in [1.82, 2.24) is 0 Å². The van der Waals surface area contributed by atoms with Crippen molar-refractivity contribution >= 4 is 27.1 Å². The van der Waals surface area contributed by atoms with Gasteiger partial charge in [0.2, 0.25) is 0 Å². The Balaban J connectivity index is 1.98. The van der Waals surface area contributed by atoms with E-state index in [9.17, 15) is 13.5 Å². The minimum absolute atomic E-state index is 0.270. The molecule has 0 bridgehead atoms. The maximum Gasteiger partial charge on any atom is 0.175 e. The summed E-state index contributed by atoms with van der Waals surface area (Å²) in [5, 5.41) is 13.7. The van der Waals surface area contributed by atoms with Gasteiger partial charge in [0, 0.05) is 23.5 Å². The molecule has 0 heterocycles. The molecule has 0 aromatic heterocycles. The van der Waals surface area contributed by atoms with Gasteiger partial charge in [0.05, 0.1) is 11.0 Å². The average molecular weight is 326 g/mol. The molecule has 1 unspecified atom stereocenters. The van der Waals surface area contributed by atoms with E-state index >= 15 is 0 Å². The Bertz CT molecular complexity index is 697. The minimum atomic E-state index is -3.19. The molecule has 0 radical (unpaired) electrons. The fourth-order valence-corrected chi connectivity index (χ4v) is 2.59. The molecule has 2 N–H and O–H groups in total. The molecule has 112 valence electrons. The Hall–Kier alpha value is -1.56. The van der Waals surface area contributed by atoms with E-state index in [1.807, 2.05) is 0 Å². The van der Waals surface area contributed by atoms with Crippen LogP contribution in [-0.4, -0.2) is 26.3 Å². The van der Waals surface area contributed by atoms with Crippen LogP contribution >= 0.6 is 11.6 Å². The molecule has 2 aromatic rings. The lowest BCUT2D eigenvalue weighted by atomic mass is 10.1. The molecule has 2 rings (SSSR count). The van der Waals surface area contributed by atoms with Crippen molar-refractivity contribution in [3.63, 3.8) is 0 Å². The van der Waals surface area contributed by atoms with E-state index in [1.165, 1.54) is 18.4 Å². The predicted octanol–water partition coefficient (Wildman–Crippen LogP) is 2.89. The third-order valence-electron chi connectivity index (χ3n) is 3.04. The van der Waals surface area contributed by atoms with Gasteiger partial charge in [-0.1, -0.05) is 23.7 Å². The molecule has 0 saturated heterocycles. The summed E-state index contributed by atoms with van der Waals surface area (Å²) in [6.45, 7) is 0.319. The summed E-state index contributed by atoms with van der Waals surface area (Å²) in [6, 6.07) is 13.4. The van der Waals surface area contributed by atoms with E-state index in [0.717, 1.165) is 11.3 Å². The minimum Gasteiger partial charge on any atom is -0.387 e. The topological polar surface area (TPSA) is 66.4 Å². The molecule has 4 nitrogen and oxygen atoms in total. The zero-order chi connectivity index (χ0) is 15.5. The third kappa shape index (κ3) is 4.46. The normalized spacial score (nSPS) is 12.9. The monoisotopic (exact) mass is 325 g/mol. The van der Waals surface area contributed by atoms with E-state index in [-0.39, 0.29) is 4.90 Å². The van der Waals surface area contributed by atoms with E-state index in [1.54, 1.807) is 36.4 Å². The van der Waals surface area contributed by atoms with Crippen LogP contribution in [-0.2, 0) is 9.84 Å². The van der Waals surface area contributed by atoms with Gasteiger partial charge in [0.15, 0.2) is 9.84 Å². The molecular weight excluding hydrogens is 310 g/mol. The Morgan fingerprint density at radius 2 is 1.67 bits per heavy atom. The molecule has 2 aromatic carbocycles. The van der Waals surface area contributed by atoms with Crippen molar-refractivity contribution in [2.45, 2.75) is 11.0 Å². The fraction of sp³-hybridized carbons (Fsp3) is 0.200. The van der Waals surface area contributed by atoms with Crippen molar-refractivity contribution in [3.8, 4) is 0 Å². The molecule has 1 atom stereocenters. The van der Waals surface area contributed by atoms with Gasteiger partial charge >= 0.3 is 0 Å². The van der Waals surface area contributed by atoms with Crippen molar-refractivity contribution in [3.05, 3.63) is 59.1 Å². The number of sulfone groups is 1. The molecule has 21 heavy (non-hydrogen) atoms. The van der Waals surface area contributed by atoms with Gasteiger partial charge in [-0.2, -0.15) is 0 Å². The molecular formula is C15H16ClNO3S. The summed E-state index contributed by atoms with van der Waals surface area (Å²) >= 11 is 5.79. The number of nitrogens with one attached hydrogen (secondary N) is 1. The highest BCUT2D eigenvalue weighted by Crippen LogP contribution is 2.18. The van der Waals surface area contributed by atoms with Crippen molar-refractivity contribution in [2.24, 2.45) is 0 Å². The summed E-state index contributed by atoms with van der Waals surface area (Å²) in [4.78, 5) is 0.270. The molecule has 0 saturated carbocycles. The molecule has 0 spiro atoms. The lowest BCUT2D eigenvalue weighted by Gasteiger charge is -2.13. The van der Waals surface area contributed by atoms with Gasteiger partial charge in [-0.25, -0.2) is 8.42 Å². The largest absolute Gasteiger partial charge is 0.387 e. The fourth-order valence-electron chi connectivity index (χ4n) is 1.84. The number of benzene rings is 2. The van der Waals surface area contributed by atoms with Crippen molar-refractivity contribution < 1.29 is 13.5 Å². The number of rotatable bonds is 5. The summed E-state index contributed by atoms with van der Waals surface area (Å²) in [7, 11) is -3.19. The van der Waals surface area contributed by atoms with Crippen LogP contribution in [0.1, 0.15) is 11.7 Å². The molecule has 0 aliphatic carbocycles. The predicted molar refractivity (Wildman–Crippen MR) is 84.5 cm³/mol. The second-order valence-electron chi connectivity index (χ2n) is 4.74. The van der Waals surface area contributed by atoms with Gasteiger partial charge < -0.3 is 10.4 Å². The maximum atomic E-state index is 11.4. The van der Waals surface area contributed by atoms with Gasteiger partial charge in [0.25, 0.3) is 0 Å². The third-order valence-corrected chi connectivity index (χ3v) is 4.42. The highest BCUT2D eigenvalue weighted by molar-refractivity contribution is 7.90. The average Bonchev–Trinajstić information content (AvgIpc) is 2.45. The van der Waals surface area contributed by atoms with E-state index in [4.69, 9.17) is 11.6 Å². The summed E-state index contributed by atoms with van der Waals surface area (Å²) in [5.74, 6) is 0. The standard InChI is InChI=1S/C15H16ClNO3S/c1-21(19,20)14-8-6-13(7-9-14)17-10-15(18)11-2-4-12(16)5-3-11/h2-9,15,17-18H,10H2,1H3. The van der Waals surface area contributed by atoms with E-state index in [0.29, 0.717) is 11.6 Å². The highest BCUT2D eigenvalue weighted by atomic mass is 35.5. The number of anilines is 1. The van der Waals surface area contributed by atoms with Crippen molar-refractivity contribution in [2.75, 3.05) is 18.1 Å². The number of halogens is 1. The summed E-state index contributed by atoms with van der Waals surface area (Å²) in [6.07, 6.45) is 0.497. The Morgan fingerprint density at radius 1 is 1.10 bits per heavy atom.